The maximum absolute atomic E-state index is 13.8. The van der Waals surface area contributed by atoms with Gasteiger partial charge in [0.05, 0.1) is 0 Å². The molecule has 2 aromatic carbocycles. The van der Waals surface area contributed by atoms with Gasteiger partial charge in [0.25, 0.3) is 5.91 Å². The van der Waals surface area contributed by atoms with Gasteiger partial charge in [-0.15, -0.1) is 0 Å². The molecule has 1 aliphatic heterocycles. The molecule has 1 heterocycles. The molecule has 0 aromatic heterocycles. The molecule has 0 saturated carbocycles. The molecule has 2 aromatic rings. The highest BCUT2D eigenvalue weighted by molar-refractivity contribution is 5.94. The Morgan fingerprint density at radius 1 is 1.03 bits per heavy atom. The van der Waals surface area contributed by atoms with E-state index in [2.05, 4.69) is 0 Å². The second-order valence-electron chi connectivity index (χ2n) is 7.39. The van der Waals surface area contributed by atoms with Crippen molar-refractivity contribution in [3.8, 4) is 0 Å². The van der Waals surface area contributed by atoms with Crippen LogP contribution in [0.15, 0.2) is 54.6 Å². The molecule has 0 radical (unpaired) electrons. The van der Waals surface area contributed by atoms with Gasteiger partial charge in [0.15, 0.2) is 0 Å². The average Bonchev–Trinajstić information content (AvgIpc) is 2.77. The van der Waals surface area contributed by atoms with E-state index in [9.17, 15) is 18.4 Å². The smallest absolute Gasteiger partial charge is 0.253 e. The minimum atomic E-state index is -0.700. The van der Waals surface area contributed by atoms with Crippen molar-refractivity contribution in [3.05, 3.63) is 77.4 Å². The number of piperidine rings is 1. The number of hydrogen-bond acceptors (Lipinski definition) is 2. The number of amides is 2. The first-order chi connectivity index (χ1) is 14.5. The zero-order valence-corrected chi connectivity index (χ0v) is 17.1. The Morgan fingerprint density at radius 3 is 2.27 bits per heavy atom. The maximum Gasteiger partial charge on any atom is 0.253 e. The fourth-order valence-electron chi connectivity index (χ4n) is 3.78. The van der Waals surface area contributed by atoms with Gasteiger partial charge in [-0.3, -0.25) is 9.59 Å². The van der Waals surface area contributed by atoms with Gasteiger partial charge < -0.3 is 9.80 Å². The van der Waals surface area contributed by atoms with E-state index in [1.54, 1.807) is 17.0 Å². The van der Waals surface area contributed by atoms with Crippen molar-refractivity contribution >= 4 is 17.9 Å². The van der Waals surface area contributed by atoms with E-state index < -0.39 is 11.6 Å². The summed E-state index contributed by atoms with van der Waals surface area (Å²) in [6.45, 7) is 3.67. The molecule has 0 atom stereocenters. The number of rotatable bonds is 6. The van der Waals surface area contributed by atoms with E-state index in [1.165, 1.54) is 18.2 Å². The predicted octanol–water partition coefficient (Wildman–Crippen LogP) is 4.52. The van der Waals surface area contributed by atoms with Crippen molar-refractivity contribution in [1.29, 1.82) is 0 Å². The summed E-state index contributed by atoms with van der Waals surface area (Å²) >= 11 is 0. The highest BCUT2D eigenvalue weighted by Crippen LogP contribution is 2.20. The Bertz CT molecular complexity index is 886. The number of halogens is 2. The molecule has 4 nitrogen and oxygen atoms in total. The fraction of sp³-hybridized carbons (Fsp3) is 0.333. The number of hydrogen-bond donors (Lipinski definition) is 0. The monoisotopic (exact) mass is 412 g/mol. The van der Waals surface area contributed by atoms with Crippen LogP contribution in [0.5, 0.6) is 0 Å². The maximum atomic E-state index is 13.8. The summed E-state index contributed by atoms with van der Waals surface area (Å²) in [4.78, 5) is 29.0. The minimum Gasteiger partial charge on any atom is -0.338 e. The second-order valence-corrected chi connectivity index (χ2v) is 7.39. The SMILES string of the molecule is CCCN(C(=O)/C=C/c1c(F)cccc1F)C1CCN(C(=O)c2ccccc2)CC1. The van der Waals surface area contributed by atoms with Gasteiger partial charge in [0, 0.05) is 42.9 Å². The molecule has 2 amide bonds. The van der Waals surface area contributed by atoms with Crippen LogP contribution in [-0.4, -0.2) is 47.3 Å². The van der Waals surface area contributed by atoms with Gasteiger partial charge in [0.1, 0.15) is 11.6 Å². The van der Waals surface area contributed by atoms with Crippen molar-refractivity contribution in [2.75, 3.05) is 19.6 Å². The first-order valence-electron chi connectivity index (χ1n) is 10.3. The lowest BCUT2D eigenvalue weighted by molar-refractivity contribution is -0.129. The Balaban J connectivity index is 1.65. The number of likely N-dealkylation sites (tertiary alicyclic amines) is 1. The second kappa shape index (κ2) is 10.1. The van der Waals surface area contributed by atoms with Crippen LogP contribution in [0.2, 0.25) is 0 Å². The molecule has 0 bridgehead atoms. The van der Waals surface area contributed by atoms with E-state index in [1.807, 2.05) is 30.0 Å². The van der Waals surface area contributed by atoms with Gasteiger partial charge >= 0.3 is 0 Å². The summed E-state index contributed by atoms with van der Waals surface area (Å²) in [5.41, 5.74) is 0.442. The molecule has 1 fully saturated rings. The Labute approximate surface area is 175 Å². The number of nitrogens with zero attached hydrogens (tertiary/aromatic N) is 2. The van der Waals surface area contributed by atoms with Crippen molar-refractivity contribution in [1.82, 2.24) is 9.80 Å². The normalized spacial score (nSPS) is 14.8. The third-order valence-electron chi connectivity index (χ3n) is 5.35. The molecule has 1 saturated heterocycles. The lowest BCUT2D eigenvalue weighted by atomic mass is 10.0. The number of carbonyl (C=O) groups excluding carboxylic acids is 2. The quantitative estimate of drug-likeness (QED) is 0.655. The summed E-state index contributed by atoms with van der Waals surface area (Å²) in [5, 5.41) is 0. The van der Waals surface area contributed by atoms with Crippen LogP contribution in [0.25, 0.3) is 6.08 Å². The molecule has 30 heavy (non-hydrogen) atoms. The van der Waals surface area contributed by atoms with Crippen LogP contribution in [-0.2, 0) is 4.79 Å². The van der Waals surface area contributed by atoms with Crippen LogP contribution in [0.3, 0.4) is 0 Å². The zero-order chi connectivity index (χ0) is 21.5. The molecular weight excluding hydrogens is 386 g/mol. The first-order valence-corrected chi connectivity index (χ1v) is 10.3. The van der Waals surface area contributed by atoms with E-state index in [-0.39, 0.29) is 23.4 Å². The van der Waals surface area contributed by atoms with Crippen molar-refractivity contribution in [2.45, 2.75) is 32.2 Å². The summed E-state index contributed by atoms with van der Waals surface area (Å²) < 4.78 is 27.6. The predicted molar refractivity (Wildman–Crippen MR) is 113 cm³/mol. The van der Waals surface area contributed by atoms with Crippen LogP contribution in [0, 0.1) is 11.6 Å². The standard InChI is InChI=1S/C24H26F2N2O2/c1-2-15-28(23(29)12-11-20-21(25)9-6-10-22(20)26)19-13-16-27(17-14-19)24(30)18-7-4-3-5-8-18/h3-12,19H,2,13-17H2,1H3/b12-11+. The van der Waals surface area contributed by atoms with Crippen LogP contribution < -0.4 is 0 Å². The Hall–Kier alpha value is -3.02. The molecule has 1 aliphatic rings. The Morgan fingerprint density at radius 2 is 1.67 bits per heavy atom. The largest absolute Gasteiger partial charge is 0.338 e. The van der Waals surface area contributed by atoms with E-state index in [4.69, 9.17) is 0 Å². The van der Waals surface area contributed by atoms with Gasteiger partial charge in [-0.1, -0.05) is 31.2 Å². The van der Waals surface area contributed by atoms with Gasteiger partial charge in [0.2, 0.25) is 5.91 Å². The summed E-state index contributed by atoms with van der Waals surface area (Å²) in [5.74, 6) is -1.67. The van der Waals surface area contributed by atoms with Gasteiger partial charge in [-0.25, -0.2) is 8.78 Å². The molecule has 0 spiro atoms. The lowest BCUT2D eigenvalue weighted by Crippen LogP contribution is -2.48. The molecule has 0 unspecified atom stereocenters. The molecule has 0 aliphatic carbocycles. The highest BCUT2D eigenvalue weighted by Gasteiger charge is 2.28. The third-order valence-corrected chi connectivity index (χ3v) is 5.35. The summed E-state index contributed by atoms with van der Waals surface area (Å²) in [7, 11) is 0. The topological polar surface area (TPSA) is 40.6 Å². The average molecular weight is 412 g/mol. The van der Waals surface area contributed by atoms with E-state index >= 15 is 0 Å². The van der Waals surface area contributed by atoms with E-state index in [0.29, 0.717) is 38.0 Å². The third kappa shape index (κ3) is 5.12. The van der Waals surface area contributed by atoms with Gasteiger partial charge in [-0.2, -0.15) is 0 Å². The van der Waals surface area contributed by atoms with Crippen molar-refractivity contribution in [2.24, 2.45) is 0 Å². The van der Waals surface area contributed by atoms with Crippen LogP contribution in [0.4, 0.5) is 8.78 Å². The number of benzene rings is 2. The minimum absolute atomic E-state index is 0.00246. The van der Waals surface area contributed by atoms with Crippen LogP contribution >= 0.6 is 0 Å². The summed E-state index contributed by atoms with van der Waals surface area (Å²) in [6, 6.07) is 12.8. The molecule has 3 rings (SSSR count). The number of carbonyl (C=O) groups is 2. The van der Waals surface area contributed by atoms with Crippen LogP contribution in [0.1, 0.15) is 42.1 Å². The Kier molecular flexibility index (Phi) is 7.33. The molecule has 0 N–H and O–H groups in total. The fourth-order valence-corrected chi connectivity index (χ4v) is 3.78. The molecule has 6 heteroatoms. The molecule has 158 valence electrons. The van der Waals surface area contributed by atoms with Crippen molar-refractivity contribution < 1.29 is 18.4 Å². The van der Waals surface area contributed by atoms with Crippen molar-refractivity contribution in [3.63, 3.8) is 0 Å². The molecular formula is C24H26F2N2O2. The summed E-state index contributed by atoms with van der Waals surface area (Å²) in [6.07, 6.45) is 4.55. The highest BCUT2D eigenvalue weighted by atomic mass is 19.1. The first kappa shape index (κ1) is 21.7. The zero-order valence-electron chi connectivity index (χ0n) is 17.1. The lowest BCUT2D eigenvalue weighted by Gasteiger charge is -2.38. The van der Waals surface area contributed by atoms with Gasteiger partial charge in [-0.05, 0) is 49.6 Å². The van der Waals surface area contributed by atoms with E-state index in [0.717, 1.165) is 18.6 Å².